The van der Waals surface area contributed by atoms with Crippen LogP contribution in [0.25, 0.3) is 10.2 Å². The molecule has 0 unspecified atom stereocenters. The number of hydrogen-bond acceptors (Lipinski definition) is 4. The van der Waals surface area contributed by atoms with E-state index in [9.17, 15) is 4.79 Å². The van der Waals surface area contributed by atoms with Gasteiger partial charge in [0.2, 0.25) is 0 Å². The molecular formula is C17H21ClN4OS. The first-order chi connectivity index (χ1) is 10.9. The summed E-state index contributed by atoms with van der Waals surface area (Å²) in [6.07, 6.45) is 0. The van der Waals surface area contributed by atoms with E-state index in [0.717, 1.165) is 27.2 Å². The highest BCUT2D eigenvalue weighted by Crippen LogP contribution is 2.32. The molecule has 1 amide bonds. The maximum absolute atomic E-state index is 12.6. The number of nitrogen functional groups attached to an aromatic ring is 1. The summed E-state index contributed by atoms with van der Waals surface area (Å²) in [6, 6.07) is 7.43. The van der Waals surface area contributed by atoms with Crippen molar-refractivity contribution in [1.82, 2.24) is 9.78 Å². The molecule has 2 aromatic heterocycles. The van der Waals surface area contributed by atoms with Gasteiger partial charge in [0.25, 0.3) is 5.91 Å². The fourth-order valence-electron chi connectivity index (χ4n) is 2.56. The lowest BCUT2D eigenvalue weighted by molar-refractivity contribution is 0.103. The highest BCUT2D eigenvalue weighted by molar-refractivity contribution is 7.20. The lowest BCUT2D eigenvalue weighted by atomic mass is 10.1. The first-order valence-electron chi connectivity index (χ1n) is 7.50. The van der Waals surface area contributed by atoms with Crippen molar-refractivity contribution in [2.24, 2.45) is 7.05 Å². The number of thiophene rings is 1. The fourth-order valence-corrected chi connectivity index (χ4v) is 3.54. The average molecular weight is 365 g/mol. The van der Waals surface area contributed by atoms with E-state index in [-0.39, 0.29) is 18.3 Å². The molecule has 0 aliphatic carbocycles. The number of aromatic nitrogens is 2. The number of nitrogens with one attached hydrogen (secondary N) is 1. The molecule has 0 fully saturated rings. The van der Waals surface area contributed by atoms with Crippen molar-refractivity contribution >= 4 is 51.2 Å². The topological polar surface area (TPSA) is 72.9 Å². The number of aryl methyl sites for hydroxylation is 2. The molecule has 0 spiro atoms. The zero-order valence-electron chi connectivity index (χ0n) is 14.1. The van der Waals surface area contributed by atoms with E-state index in [1.807, 2.05) is 36.9 Å². The van der Waals surface area contributed by atoms with Gasteiger partial charge in [-0.25, -0.2) is 0 Å². The van der Waals surface area contributed by atoms with Gasteiger partial charge in [-0.2, -0.15) is 5.10 Å². The van der Waals surface area contributed by atoms with E-state index in [1.54, 1.807) is 6.07 Å². The third kappa shape index (κ3) is 3.25. The number of carbonyl (C=O) groups excluding carboxylic acids is 1. The predicted octanol–water partition coefficient (Wildman–Crippen LogP) is 4.32. The number of rotatable bonds is 3. The standard InChI is InChI=1S/C17H20N4OS.ClH/c1-9(2)15-12-8-14(23-17(12)21(4)20-15)16(22)19-13-7-11(18)6-5-10(13)3;/h5-9H,18H2,1-4H3,(H,19,22);1H. The minimum absolute atomic E-state index is 0. The van der Waals surface area contributed by atoms with Gasteiger partial charge < -0.3 is 11.1 Å². The Morgan fingerprint density at radius 3 is 2.71 bits per heavy atom. The molecule has 3 aromatic rings. The van der Waals surface area contributed by atoms with Crippen molar-refractivity contribution in [3.05, 3.63) is 40.4 Å². The van der Waals surface area contributed by atoms with Gasteiger partial charge in [-0.3, -0.25) is 9.48 Å². The zero-order chi connectivity index (χ0) is 16.7. The van der Waals surface area contributed by atoms with Crippen LogP contribution >= 0.6 is 23.7 Å². The Morgan fingerprint density at radius 2 is 2.04 bits per heavy atom. The predicted molar refractivity (Wildman–Crippen MR) is 103 cm³/mol. The lowest BCUT2D eigenvalue weighted by Gasteiger charge is -2.08. The van der Waals surface area contributed by atoms with Gasteiger partial charge in [-0.15, -0.1) is 23.7 Å². The summed E-state index contributed by atoms with van der Waals surface area (Å²) in [6.45, 7) is 6.16. The summed E-state index contributed by atoms with van der Waals surface area (Å²) in [5.74, 6) is 0.204. The van der Waals surface area contributed by atoms with Crippen molar-refractivity contribution in [1.29, 1.82) is 0 Å². The summed E-state index contributed by atoms with van der Waals surface area (Å²) in [4.78, 5) is 14.3. The van der Waals surface area contributed by atoms with Crippen molar-refractivity contribution < 1.29 is 4.79 Å². The molecule has 0 saturated carbocycles. The smallest absolute Gasteiger partial charge is 0.265 e. The number of amides is 1. The molecule has 0 aliphatic rings. The highest BCUT2D eigenvalue weighted by atomic mass is 35.5. The number of nitrogens with zero attached hydrogens (tertiary/aromatic N) is 2. The second-order valence-electron chi connectivity index (χ2n) is 6.02. The third-order valence-electron chi connectivity index (χ3n) is 3.82. The van der Waals surface area contributed by atoms with E-state index >= 15 is 0 Å². The van der Waals surface area contributed by atoms with E-state index in [0.29, 0.717) is 16.5 Å². The van der Waals surface area contributed by atoms with Gasteiger partial charge in [0.1, 0.15) is 4.83 Å². The molecule has 0 saturated heterocycles. The Balaban J connectivity index is 0.00000208. The number of carbonyl (C=O) groups is 1. The molecule has 0 radical (unpaired) electrons. The van der Waals surface area contributed by atoms with Gasteiger partial charge in [-0.1, -0.05) is 19.9 Å². The number of benzene rings is 1. The normalized spacial score (nSPS) is 10.9. The SMILES string of the molecule is Cc1ccc(N)cc1NC(=O)c1cc2c(C(C)C)nn(C)c2s1.Cl. The van der Waals surface area contributed by atoms with E-state index < -0.39 is 0 Å². The monoisotopic (exact) mass is 364 g/mol. The van der Waals surface area contributed by atoms with Crippen LogP contribution in [0.3, 0.4) is 0 Å². The molecule has 2 heterocycles. The molecule has 3 N–H and O–H groups in total. The maximum Gasteiger partial charge on any atom is 0.265 e. The van der Waals surface area contributed by atoms with Crippen LogP contribution in [-0.4, -0.2) is 15.7 Å². The number of fused-ring (bicyclic) bond motifs is 1. The van der Waals surface area contributed by atoms with Crippen LogP contribution < -0.4 is 11.1 Å². The molecule has 0 aliphatic heterocycles. The van der Waals surface area contributed by atoms with E-state index in [1.165, 1.54) is 11.3 Å². The Labute approximate surface area is 151 Å². The Hall–Kier alpha value is -2.05. The second-order valence-corrected chi connectivity index (χ2v) is 7.05. The van der Waals surface area contributed by atoms with Crippen molar-refractivity contribution in [2.75, 3.05) is 11.1 Å². The van der Waals surface area contributed by atoms with Crippen LogP contribution in [0.2, 0.25) is 0 Å². The Morgan fingerprint density at radius 1 is 1.33 bits per heavy atom. The number of nitrogens with two attached hydrogens (primary N) is 1. The summed E-state index contributed by atoms with van der Waals surface area (Å²) < 4.78 is 1.85. The average Bonchev–Trinajstić information content (AvgIpc) is 3.04. The van der Waals surface area contributed by atoms with Gasteiger partial charge in [0.15, 0.2) is 0 Å². The van der Waals surface area contributed by atoms with Crippen molar-refractivity contribution in [3.8, 4) is 0 Å². The molecule has 128 valence electrons. The first-order valence-corrected chi connectivity index (χ1v) is 8.32. The molecule has 24 heavy (non-hydrogen) atoms. The van der Waals surface area contributed by atoms with Crippen LogP contribution in [0.15, 0.2) is 24.3 Å². The van der Waals surface area contributed by atoms with Crippen LogP contribution in [-0.2, 0) is 7.05 Å². The van der Waals surface area contributed by atoms with E-state index in [4.69, 9.17) is 5.73 Å². The Kier molecular flexibility index (Phi) is 5.20. The third-order valence-corrected chi connectivity index (χ3v) is 5.02. The Bertz CT molecular complexity index is 898. The number of anilines is 2. The lowest BCUT2D eigenvalue weighted by Crippen LogP contribution is -2.11. The summed E-state index contributed by atoms with van der Waals surface area (Å²) >= 11 is 1.46. The quantitative estimate of drug-likeness (QED) is 0.679. The molecule has 7 heteroatoms. The minimum Gasteiger partial charge on any atom is -0.399 e. The van der Waals surface area contributed by atoms with Crippen LogP contribution in [0.5, 0.6) is 0 Å². The number of halogens is 1. The van der Waals surface area contributed by atoms with Crippen LogP contribution in [0.4, 0.5) is 11.4 Å². The first kappa shape index (κ1) is 18.3. The van der Waals surface area contributed by atoms with Crippen LogP contribution in [0, 0.1) is 6.92 Å². The van der Waals surface area contributed by atoms with Gasteiger partial charge in [0.05, 0.1) is 10.6 Å². The second kappa shape index (κ2) is 6.83. The molecule has 3 rings (SSSR count). The van der Waals surface area contributed by atoms with Crippen molar-refractivity contribution in [3.63, 3.8) is 0 Å². The van der Waals surface area contributed by atoms with Gasteiger partial charge in [-0.05, 0) is 36.6 Å². The molecule has 0 atom stereocenters. The highest BCUT2D eigenvalue weighted by Gasteiger charge is 2.18. The number of hydrogen-bond donors (Lipinski definition) is 2. The molecule has 0 bridgehead atoms. The van der Waals surface area contributed by atoms with Gasteiger partial charge in [0, 0.05) is 23.8 Å². The molecule has 1 aromatic carbocycles. The largest absolute Gasteiger partial charge is 0.399 e. The summed E-state index contributed by atoms with van der Waals surface area (Å²) in [7, 11) is 1.91. The minimum atomic E-state index is -0.116. The fraction of sp³-hybridized carbons (Fsp3) is 0.294. The zero-order valence-corrected chi connectivity index (χ0v) is 15.7. The van der Waals surface area contributed by atoms with E-state index in [2.05, 4.69) is 24.3 Å². The summed E-state index contributed by atoms with van der Waals surface area (Å²) in [5.41, 5.74) is 9.19. The van der Waals surface area contributed by atoms with Crippen LogP contribution in [0.1, 0.15) is 40.7 Å². The molecular weight excluding hydrogens is 344 g/mol. The van der Waals surface area contributed by atoms with Gasteiger partial charge >= 0.3 is 0 Å². The van der Waals surface area contributed by atoms with Crippen molar-refractivity contribution in [2.45, 2.75) is 26.7 Å². The molecule has 5 nitrogen and oxygen atoms in total. The summed E-state index contributed by atoms with van der Waals surface area (Å²) in [5, 5.41) is 8.54. The maximum atomic E-state index is 12.6.